The van der Waals surface area contributed by atoms with Gasteiger partial charge in [-0.25, -0.2) is 0 Å². The zero-order chi connectivity index (χ0) is 13.7. The van der Waals surface area contributed by atoms with E-state index in [9.17, 15) is 4.79 Å². The number of esters is 1. The van der Waals surface area contributed by atoms with Crippen LogP contribution in [0.2, 0.25) is 4.82 Å². The fourth-order valence-corrected chi connectivity index (χ4v) is 4.26. The van der Waals surface area contributed by atoms with Gasteiger partial charge < -0.3 is 0 Å². The van der Waals surface area contributed by atoms with Gasteiger partial charge in [-0.05, 0) is 0 Å². The Morgan fingerprint density at radius 1 is 1.42 bits per heavy atom. The molecule has 104 valence electrons. The van der Waals surface area contributed by atoms with E-state index in [1.807, 2.05) is 18.2 Å². The number of hydrogen-bond acceptors (Lipinski definition) is 4. The molecule has 0 aromatic heterocycles. The molecule has 0 saturated carbocycles. The molecule has 19 heavy (non-hydrogen) atoms. The molecule has 3 atom stereocenters. The molecule has 0 radical (unpaired) electrons. The van der Waals surface area contributed by atoms with E-state index < -0.39 is 6.10 Å². The van der Waals surface area contributed by atoms with Crippen LogP contribution in [0.15, 0.2) is 30.3 Å². The number of carbonyl (C=O) groups is 1. The Balaban J connectivity index is 1.92. The van der Waals surface area contributed by atoms with Crippen LogP contribution in [0.3, 0.4) is 0 Å². The van der Waals surface area contributed by atoms with Gasteiger partial charge in [0.1, 0.15) is 0 Å². The van der Waals surface area contributed by atoms with Gasteiger partial charge in [-0.15, -0.1) is 0 Å². The molecule has 1 heterocycles. The third-order valence-corrected chi connectivity index (χ3v) is 5.63. The summed E-state index contributed by atoms with van der Waals surface area (Å²) < 4.78 is 17.2. The average molecular weight is 329 g/mol. The second kappa shape index (κ2) is 7.06. The molecule has 1 aromatic carbocycles. The summed E-state index contributed by atoms with van der Waals surface area (Å²) in [6, 6.07) is 10.3. The molecule has 0 spiro atoms. The number of hydrogen-bond donors (Lipinski definition) is 0. The molecule has 5 heteroatoms. The molecule has 0 bridgehead atoms. The molecular weight excluding hydrogens is 311 g/mol. The molecule has 2 rings (SSSR count). The van der Waals surface area contributed by atoms with Crippen LogP contribution in [0.4, 0.5) is 0 Å². The number of methoxy groups -OCH3 is 1. The van der Waals surface area contributed by atoms with Crippen molar-refractivity contribution in [2.45, 2.75) is 30.6 Å². The van der Waals surface area contributed by atoms with Crippen LogP contribution in [-0.2, 0) is 19.0 Å². The first-order valence-electron chi connectivity index (χ1n) is 6.27. The van der Waals surface area contributed by atoms with Crippen molar-refractivity contribution >= 4 is 25.4 Å². The van der Waals surface area contributed by atoms with Crippen molar-refractivity contribution in [2.24, 2.45) is 0 Å². The van der Waals surface area contributed by atoms with Crippen molar-refractivity contribution in [1.29, 1.82) is 0 Å². The van der Waals surface area contributed by atoms with Crippen LogP contribution in [0.25, 0.3) is 0 Å². The quantitative estimate of drug-likeness (QED) is 0.600. The van der Waals surface area contributed by atoms with Crippen molar-refractivity contribution in [2.75, 3.05) is 13.7 Å². The molecule has 1 aliphatic heterocycles. The van der Waals surface area contributed by atoms with Gasteiger partial charge in [0, 0.05) is 0 Å². The third kappa shape index (κ3) is 4.05. The SMILES string of the molecule is COC(=O)[C@H](C)O[C@@H]1OCC[C@H]1[Se]c1ccccc1. The van der Waals surface area contributed by atoms with E-state index in [2.05, 4.69) is 16.9 Å². The van der Waals surface area contributed by atoms with Crippen LogP contribution >= 0.6 is 0 Å². The minimum absolute atomic E-state index is 0.290. The predicted molar refractivity (Wildman–Crippen MR) is 72.5 cm³/mol. The first-order valence-corrected chi connectivity index (χ1v) is 8.12. The van der Waals surface area contributed by atoms with Crippen molar-refractivity contribution in [1.82, 2.24) is 0 Å². The van der Waals surface area contributed by atoms with Gasteiger partial charge >= 0.3 is 119 Å². The maximum absolute atomic E-state index is 11.4. The first-order chi connectivity index (χ1) is 9.20. The summed E-state index contributed by atoms with van der Waals surface area (Å²) in [6.45, 7) is 2.39. The van der Waals surface area contributed by atoms with Crippen molar-refractivity contribution in [3.05, 3.63) is 30.3 Å². The zero-order valence-electron chi connectivity index (χ0n) is 11.1. The van der Waals surface area contributed by atoms with Crippen LogP contribution in [-0.4, -0.2) is 47.0 Å². The van der Waals surface area contributed by atoms with Gasteiger partial charge in [-0.2, -0.15) is 0 Å². The van der Waals surface area contributed by atoms with Crippen LogP contribution < -0.4 is 4.46 Å². The van der Waals surface area contributed by atoms with E-state index in [0.29, 0.717) is 11.4 Å². The number of benzene rings is 1. The molecule has 1 aliphatic rings. The zero-order valence-corrected chi connectivity index (χ0v) is 12.8. The second-order valence-electron chi connectivity index (χ2n) is 4.30. The van der Waals surface area contributed by atoms with Gasteiger partial charge in [0.2, 0.25) is 0 Å². The molecule has 1 saturated heterocycles. The fraction of sp³-hybridized carbons (Fsp3) is 0.500. The van der Waals surface area contributed by atoms with Crippen LogP contribution in [0.1, 0.15) is 13.3 Å². The molecule has 0 amide bonds. The topological polar surface area (TPSA) is 44.8 Å². The molecule has 1 aromatic rings. The monoisotopic (exact) mass is 330 g/mol. The Hall–Kier alpha value is -0.871. The molecule has 1 fully saturated rings. The van der Waals surface area contributed by atoms with Crippen LogP contribution in [0, 0.1) is 0 Å². The maximum atomic E-state index is 11.4. The third-order valence-electron chi connectivity index (χ3n) is 2.89. The Labute approximate surface area is 119 Å². The van der Waals surface area contributed by atoms with Crippen molar-refractivity contribution < 1.29 is 19.0 Å². The van der Waals surface area contributed by atoms with E-state index in [-0.39, 0.29) is 27.2 Å². The summed E-state index contributed by atoms with van der Waals surface area (Å²) in [5, 5.41) is 0. The van der Waals surface area contributed by atoms with E-state index in [1.165, 1.54) is 11.6 Å². The molecular formula is C14H18O4Se. The van der Waals surface area contributed by atoms with E-state index in [4.69, 9.17) is 9.47 Å². The van der Waals surface area contributed by atoms with Gasteiger partial charge in [0.05, 0.1) is 0 Å². The van der Waals surface area contributed by atoms with Crippen molar-refractivity contribution in [3.8, 4) is 0 Å². The first kappa shape index (κ1) is 14.5. The van der Waals surface area contributed by atoms with Gasteiger partial charge in [-0.3, -0.25) is 0 Å². The fourth-order valence-electron chi connectivity index (χ4n) is 1.88. The summed E-state index contributed by atoms with van der Waals surface area (Å²) in [7, 11) is 1.36. The number of ether oxygens (including phenoxy) is 3. The van der Waals surface area contributed by atoms with E-state index in [1.54, 1.807) is 6.92 Å². The van der Waals surface area contributed by atoms with Gasteiger partial charge in [0.15, 0.2) is 0 Å². The van der Waals surface area contributed by atoms with Crippen LogP contribution in [0.5, 0.6) is 0 Å². The molecule has 0 aliphatic carbocycles. The minimum atomic E-state index is -0.581. The summed E-state index contributed by atoms with van der Waals surface area (Å²) in [5.74, 6) is -0.360. The van der Waals surface area contributed by atoms with E-state index in [0.717, 1.165) is 6.42 Å². The standard InChI is InChI=1S/C14H18O4Se/c1-10(13(15)16-2)18-14-12(8-9-17-14)19-11-6-4-3-5-7-11/h3-7,10,12,14H,8-9H2,1-2H3/t10-,12+,14-/m0/s1. The normalized spacial score (nSPS) is 24.1. The van der Waals surface area contributed by atoms with Gasteiger partial charge in [0.25, 0.3) is 0 Å². The summed E-state index contributed by atoms with van der Waals surface area (Å²) in [4.78, 5) is 11.7. The molecule has 0 N–H and O–H groups in total. The average Bonchev–Trinajstić information content (AvgIpc) is 2.86. The Morgan fingerprint density at radius 3 is 2.84 bits per heavy atom. The molecule has 4 nitrogen and oxygen atoms in total. The Kier molecular flexibility index (Phi) is 5.40. The number of rotatable bonds is 5. The summed E-state index contributed by atoms with van der Waals surface area (Å²) in [5.41, 5.74) is 0. The van der Waals surface area contributed by atoms with Crippen molar-refractivity contribution in [3.63, 3.8) is 0 Å². The van der Waals surface area contributed by atoms with Gasteiger partial charge in [-0.1, -0.05) is 0 Å². The molecule has 0 unspecified atom stereocenters. The number of carbonyl (C=O) groups excluding carboxylic acids is 1. The summed E-state index contributed by atoms with van der Waals surface area (Å²) in [6.07, 6.45) is 0.101. The predicted octanol–water partition coefficient (Wildman–Crippen LogP) is 1.13. The Bertz CT molecular complexity index is 409. The Morgan fingerprint density at radius 2 is 2.16 bits per heavy atom. The second-order valence-corrected chi connectivity index (χ2v) is 7.05. The van der Waals surface area contributed by atoms with E-state index >= 15 is 0 Å². The summed E-state index contributed by atoms with van der Waals surface area (Å²) >= 11 is 0.290.